The first-order chi connectivity index (χ1) is 12.0. The maximum absolute atomic E-state index is 13.2. The molecule has 0 heterocycles. The largest absolute Gasteiger partial charge is 0.418 e. The van der Waals surface area contributed by atoms with Gasteiger partial charge in [-0.25, -0.2) is 8.42 Å². The van der Waals surface area contributed by atoms with Crippen molar-refractivity contribution in [3.8, 4) is 0 Å². The fraction of sp³-hybridized carbons (Fsp3) is 0.235. The number of rotatable bonds is 5. The van der Waals surface area contributed by atoms with Crippen LogP contribution in [0.2, 0.25) is 0 Å². The third-order valence-electron chi connectivity index (χ3n) is 3.50. The molecule has 0 unspecified atom stereocenters. The number of amides is 1. The Kier molecular flexibility index (Phi) is 5.60. The van der Waals surface area contributed by atoms with Gasteiger partial charge < -0.3 is 5.32 Å². The van der Waals surface area contributed by atoms with E-state index in [1.165, 1.54) is 6.07 Å². The molecule has 26 heavy (non-hydrogen) atoms. The van der Waals surface area contributed by atoms with Gasteiger partial charge in [-0.05, 0) is 31.2 Å². The Labute approximate surface area is 149 Å². The van der Waals surface area contributed by atoms with Crippen molar-refractivity contribution in [2.45, 2.75) is 13.1 Å². The number of alkyl halides is 3. The second kappa shape index (κ2) is 7.36. The van der Waals surface area contributed by atoms with Gasteiger partial charge in [0, 0.05) is 5.69 Å². The predicted octanol–water partition coefficient (Wildman–Crippen LogP) is 3.42. The molecular formula is C17H17F3N2O3S. The van der Waals surface area contributed by atoms with Crippen LogP contribution in [-0.2, 0) is 21.0 Å². The predicted molar refractivity (Wildman–Crippen MR) is 93.4 cm³/mol. The Morgan fingerprint density at radius 2 is 1.65 bits per heavy atom. The molecule has 0 aliphatic heterocycles. The van der Waals surface area contributed by atoms with Crippen LogP contribution in [0.4, 0.5) is 24.5 Å². The van der Waals surface area contributed by atoms with E-state index < -0.39 is 39.9 Å². The fourth-order valence-electron chi connectivity index (χ4n) is 2.28. The van der Waals surface area contributed by atoms with Crippen LogP contribution in [0.25, 0.3) is 0 Å². The number of nitrogens with one attached hydrogen (secondary N) is 1. The smallest absolute Gasteiger partial charge is 0.325 e. The normalized spacial score (nSPS) is 11.9. The highest BCUT2D eigenvalue weighted by Gasteiger charge is 2.36. The lowest BCUT2D eigenvalue weighted by molar-refractivity contribution is -0.137. The van der Waals surface area contributed by atoms with E-state index in [2.05, 4.69) is 5.32 Å². The fourth-order valence-corrected chi connectivity index (χ4v) is 3.15. The van der Waals surface area contributed by atoms with Crippen molar-refractivity contribution in [3.05, 3.63) is 59.7 Å². The number of halogens is 3. The van der Waals surface area contributed by atoms with Gasteiger partial charge in [0.05, 0.1) is 17.5 Å². The summed E-state index contributed by atoms with van der Waals surface area (Å²) < 4.78 is 64.1. The van der Waals surface area contributed by atoms with E-state index in [4.69, 9.17) is 0 Å². The van der Waals surface area contributed by atoms with Crippen molar-refractivity contribution >= 4 is 27.3 Å². The lowest BCUT2D eigenvalue weighted by atomic mass is 10.1. The number of carbonyl (C=O) groups excluding carboxylic acids is 1. The highest BCUT2D eigenvalue weighted by Crippen LogP contribution is 2.37. The Hall–Kier alpha value is -2.55. The molecule has 1 amide bonds. The summed E-state index contributed by atoms with van der Waals surface area (Å²) in [6.45, 7) is 1.07. The minimum absolute atomic E-state index is 0.415. The van der Waals surface area contributed by atoms with Gasteiger partial charge in [0.1, 0.15) is 6.54 Å². The van der Waals surface area contributed by atoms with Crippen LogP contribution >= 0.6 is 0 Å². The number of para-hydroxylation sites is 1. The molecule has 0 saturated carbocycles. The summed E-state index contributed by atoms with van der Waals surface area (Å²) in [5.74, 6) is -0.753. The van der Waals surface area contributed by atoms with Crippen molar-refractivity contribution in [2.24, 2.45) is 0 Å². The van der Waals surface area contributed by atoms with Crippen LogP contribution in [-0.4, -0.2) is 27.1 Å². The van der Waals surface area contributed by atoms with Crippen molar-refractivity contribution in [2.75, 3.05) is 22.4 Å². The highest BCUT2D eigenvalue weighted by atomic mass is 32.2. The first-order valence-electron chi connectivity index (χ1n) is 7.49. The lowest BCUT2D eigenvalue weighted by Crippen LogP contribution is -2.38. The summed E-state index contributed by atoms with van der Waals surface area (Å²) in [5, 5.41) is 2.47. The molecule has 0 spiro atoms. The molecule has 2 rings (SSSR count). The topological polar surface area (TPSA) is 66.5 Å². The van der Waals surface area contributed by atoms with Gasteiger partial charge in [0.25, 0.3) is 0 Å². The zero-order valence-electron chi connectivity index (χ0n) is 14.0. The number of nitrogens with zero attached hydrogens (tertiary/aromatic N) is 1. The number of anilines is 2. The average Bonchev–Trinajstić information content (AvgIpc) is 2.53. The van der Waals surface area contributed by atoms with Crippen LogP contribution in [0.5, 0.6) is 0 Å². The Morgan fingerprint density at radius 3 is 2.19 bits per heavy atom. The zero-order valence-corrected chi connectivity index (χ0v) is 14.9. The number of carbonyl (C=O) groups is 1. The van der Waals surface area contributed by atoms with Crippen molar-refractivity contribution in [1.82, 2.24) is 0 Å². The molecule has 0 bridgehead atoms. The number of aryl methyl sites for hydroxylation is 1. The molecule has 0 saturated heterocycles. The van der Waals surface area contributed by atoms with Crippen LogP contribution in [0.1, 0.15) is 11.1 Å². The van der Waals surface area contributed by atoms with E-state index in [1.54, 1.807) is 24.3 Å². The standard InChI is InChI=1S/C17H17F3N2O3S/c1-12-7-9-13(10-8-12)21-16(23)11-22(26(2,24)25)15-6-4-3-5-14(15)17(18,19)20/h3-10H,11H2,1-2H3,(H,21,23). The van der Waals surface area contributed by atoms with Gasteiger partial charge in [0.2, 0.25) is 15.9 Å². The number of benzene rings is 2. The lowest BCUT2D eigenvalue weighted by Gasteiger charge is -2.25. The first kappa shape index (κ1) is 19.8. The molecule has 9 heteroatoms. The van der Waals surface area contributed by atoms with E-state index in [-0.39, 0.29) is 0 Å². The molecule has 0 aromatic heterocycles. The van der Waals surface area contributed by atoms with Gasteiger partial charge in [-0.2, -0.15) is 13.2 Å². The van der Waals surface area contributed by atoms with E-state index in [9.17, 15) is 26.4 Å². The molecular weight excluding hydrogens is 369 g/mol. The Bertz CT molecular complexity index is 894. The molecule has 0 fully saturated rings. The van der Waals surface area contributed by atoms with E-state index >= 15 is 0 Å². The molecule has 0 aliphatic carbocycles. The van der Waals surface area contributed by atoms with E-state index in [0.717, 1.165) is 30.0 Å². The zero-order chi connectivity index (χ0) is 19.5. The quantitative estimate of drug-likeness (QED) is 0.856. The second-order valence-electron chi connectivity index (χ2n) is 5.70. The molecule has 140 valence electrons. The third kappa shape index (κ3) is 4.98. The van der Waals surface area contributed by atoms with Gasteiger partial charge in [-0.1, -0.05) is 29.8 Å². The second-order valence-corrected chi connectivity index (χ2v) is 7.61. The van der Waals surface area contributed by atoms with Gasteiger partial charge in [-0.15, -0.1) is 0 Å². The molecule has 0 atom stereocenters. The van der Waals surface area contributed by atoms with Crippen molar-refractivity contribution in [3.63, 3.8) is 0 Å². The van der Waals surface area contributed by atoms with Crippen LogP contribution in [0, 0.1) is 6.92 Å². The SMILES string of the molecule is Cc1ccc(NC(=O)CN(c2ccccc2C(F)(F)F)S(C)(=O)=O)cc1. The highest BCUT2D eigenvalue weighted by molar-refractivity contribution is 7.92. The first-order valence-corrected chi connectivity index (χ1v) is 9.34. The summed E-state index contributed by atoms with van der Waals surface area (Å²) in [6.07, 6.45) is -4.01. The van der Waals surface area contributed by atoms with Crippen LogP contribution in [0.15, 0.2) is 48.5 Å². The van der Waals surface area contributed by atoms with E-state index in [1.807, 2.05) is 6.92 Å². The molecule has 1 N–H and O–H groups in total. The summed E-state index contributed by atoms with van der Waals surface area (Å²) in [5.41, 5.74) is -0.354. The molecule has 5 nitrogen and oxygen atoms in total. The molecule has 0 aliphatic rings. The van der Waals surface area contributed by atoms with Crippen molar-refractivity contribution < 1.29 is 26.4 Å². The number of hydrogen-bond donors (Lipinski definition) is 1. The number of sulfonamides is 1. The van der Waals surface area contributed by atoms with Gasteiger partial charge >= 0.3 is 6.18 Å². The maximum Gasteiger partial charge on any atom is 0.418 e. The van der Waals surface area contributed by atoms with Gasteiger partial charge in [0.15, 0.2) is 0 Å². The summed E-state index contributed by atoms with van der Waals surface area (Å²) in [7, 11) is -4.12. The molecule has 2 aromatic rings. The average molecular weight is 386 g/mol. The van der Waals surface area contributed by atoms with Crippen molar-refractivity contribution in [1.29, 1.82) is 0 Å². The summed E-state index contributed by atoms with van der Waals surface area (Å²) in [4.78, 5) is 12.2. The minimum Gasteiger partial charge on any atom is -0.325 e. The Morgan fingerprint density at radius 1 is 1.08 bits per heavy atom. The minimum atomic E-state index is -4.76. The third-order valence-corrected chi connectivity index (χ3v) is 4.63. The summed E-state index contributed by atoms with van der Waals surface area (Å²) in [6, 6.07) is 10.9. The van der Waals surface area contributed by atoms with Crippen LogP contribution < -0.4 is 9.62 Å². The molecule has 0 radical (unpaired) electrons. The number of hydrogen-bond acceptors (Lipinski definition) is 3. The monoisotopic (exact) mass is 386 g/mol. The summed E-state index contributed by atoms with van der Waals surface area (Å²) >= 11 is 0. The van der Waals surface area contributed by atoms with E-state index in [0.29, 0.717) is 9.99 Å². The van der Waals surface area contributed by atoms with Crippen LogP contribution in [0.3, 0.4) is 0 Å². The van der Waals surface area contributed by atoms with Gasteiger partial charge in [-0.3, -0.25) is 9.10 Å². The maximum atomic E-state index is 13.2. The molecule has 2 aromatic carbocycles. The Balaban J connectivity index is 2.33.